The molecule has 0 aliphatic carbocycles. The molecule has 0 atom stereocenters. The molecule has 0 fully saturated rings. The van der Waals surface area contributed by atoms with Crippen LogP contribution in [0.3, 0.4) is 0 Å². The average molecular weight is 314 g/mol. The normalized spacial score (nSPS) is 10.7. The van der Waals surface area contributed by atoms with Gasteiger partial charge in [0.2, 0.25) is 0 Å². The summed E-state index contributed by atoms with van der Waals surface area (Å²) < 4.78 is 5.68. The summed E-state index contributed by atoms with van der Waals surface area (Å²) in [6.45, 7) is 7.89. The molecule has 1 amide bonds. The standard InChI is InChI=1S/C17H22N4O2/c1-11(2)20-16-10-18-14(9-19-16)17(22)21-13-7-5-6-8-15(13)23-12(3)4/h5-12H,1-4H3,(H,19,20)(H,21,22). The van der Waals surface area contributed by atoms with Gasteiger partial charge in [-0.1, -0.05) is 12.1 Å². The quantitative estimate of drug-likeness (QED) is 0.855. The lowest BCUT2D eigenvalue weighted by molar-refractivity contribution is 0.102. The van der Waals surface area contributed by atoms with Gasteiger partial charge in [-0.15, -0.1) is 0 Å². The first-order valence-corrected chi connectivity index (χ1v) is 7.61. The Morgan fingerprint density at radius 2 is 1.83 bits per heavy atom. The highest BCUT2D eigenvalue weighted by atomic mass is 16.5. The van der Waals surface area contributed by atoms with Crippen LogP contribution in [0.25, 0.3) is 0 Å². The number of carbonyl (C=O) groups excluding carboxylic acids is 1. The number of rotatable bonds is 6. The SMILES string of the molecule is CC(C)Nc1cnc(C(=O)Nc2ccccc2OC(C)C)cn1. The monoisotopic (exact) mass is 314 g/mol. The van der Waals surface area contributed by atoms with Crippen molar-refractivity contribution in [3.05, 3.63) is 42.4 Å². The topological polar surface area (TPSA) is 76.1 Å². The highest BCUT2D eigenvalue weighted by molar-refractivity contribution is 6.03. The number of hydrogen-bond acceptors (Lipinski definition) is 5. The number of nitrogens with one attached hydrogen (secondary N) is 2. The Morgan fingerprint density at radius 1 is 1.09 bits per heavy atom. The lowest BCUT2D eigenvalue weighted by Crippen LogP contribution is -2.17. The summed E-state index contributed by atoms with van der Waals surface area (Å²) in [5, 5.41) is 5.93. The van der Waals surface area contributed by atoms with Crippen LogP contribution in [-0.4, -0.2) is 28.0 Å². The first-order valence-electron chi connectivity index (χ1n) is 7.61. The van der Waals surface area contributed by atoms with Gasteiger partial charge in [0.05, 0.1) is 24.2 Å². The number of anilines is 2. The van der Waals surface area contributed by atoms with E-state index in [2.05, 4.69) is 20.6 Å². The predicted molar refractivity (Wildman–Crippen MR) is 90.9 cm³/mol. The van der Waals surface area contributed by atoms with Gasteiger partial charge in [0.15, 0.2) is 0 Å². The van der Waals surface area contributed by atoms with Crippen LogP contribution >= 0.6 is 0 Å². The number of aromatic nitrogens is 2. The molecule has 23 heavy (non-hydrogen) atoms. The maximum Gasteiger partial charge on any atom is 0.275 e. The Morgan fingerprint density at radius 3 is 2.43 bits per heavy atom. The highest BCUT2D eigenvalue weighted by Crippen LogP contribution is 2.25. The maximum atomic E-state index is 12.3. The summed E-state index contributed by atoms with van der Waals surface area (Å²) in [5.41, 5.74) is 0.857. The molecule has 0 aliphatic heterocycles. The van der Waals surface area contributed by atoms with Crippen LogP contribution in [0.5, 0.6) is 5.75 Å². The molecule has 0 radical (unpaired) electrons. The molecule has 122 valence electrons. The van der Waals surface area contributed by atoms with Crippen molar-refractivity contribution in [3.8, 4) is 5.75 Å². The number of ether oxygens (including phenoxy) is 1. The van der Waals surface area contributed by atoms with Crippen LogP contribution in [0.15, 0.2) is 36.7 Å². The summed E-state index contributed by atoms with van der Waals surface area (Å²) in [4.78, 5) is 20.6. The van der Waals surface area contributed by atoms with Crippen LogP contribution in [0.4, 0.5) is 11.5 Å². The molecule has 1 aromatic carbocycles. The molecule has 1 heterocycles. The largest absolute Gasteiger partial charge is 0.489 e. The van der Waals surface area contributed by atoms with E-state index in [4.69, 9.17) is 4.74 Å². The number of benzene rings is 1. The van der Waals surface area contributed by atoms with E-state index in [9.17, 15) is 4.79 Å². The molecule has 1 aromatic heterocycles. The van der Waals surface area contributed by atoms with Gasteiger partial charge < -0.3 is 15.4 Å². The molecule has 0 aliphatic rings. The first kappa shape index (κ1) is 16.7. The van der Waals surface area contributed by atoms with Gasteiger partial charge in [0, 0.05) is 6.04 Å². The summed E-state index contributed by atoms with van der Waals surface area (Å²) in [6, 6.07) is 7.56. The maximum absolute atomic E-state index is 12.3. The Kier molecular flexibility index (Phi) is 5.51. The third-order valence-corrected chi connectivity index (χ3v) is 2.82. The van der Waals surface area contributed by atoms with E-state index in [1.165, 1.54) is 6.20 Å². The number of nitrogens with zero attached hydrogens (tertiary/aromatic N) is 2. The summed E-state index contributed by atoms with van der Waals surface area (Å²) in [7, 11) is 0. The fraction of sp³-hybridized carbons (Fsp3) is 0.353. The molecular formula is C17H22N4O2. The summed E-state index contributed by atoms with van der Waals surface area (Å²) >= 11 is 0. The number of carbonyl (C=O) groups is 1. The molecule has 6 nitrogen and oxygen atoms in total. The number of para-hydroxylation sites is 2. The third kappa shape index (κ3) is 4.95. The predicted octanol–water partition coefficient (Wildman–Crippen LogP) is 3.34. The molecule has 6 heteroatoms. The molecule has 2 aromatic rings. The highest BCUT2D eigenvalue weighted by Gasteiger charge is 2.12. The first-order chi connectivity index (χ1) is 11.0. The van der Waals surface area contributed by atoms with Crippen LogP contribution in [0.2, 0.25) is 0 Å². The zero-order valence-corrected chi connectivity index (χ0v) is 13.8. The molecule has 0 saturated carbocycles. The zero-order valence-electron chi connectivity index (χ0n) is 13.8. The van der Waals surface area contributed by atoms with Crippen LogP contribution in [0, 0.1) is 0 Å². The van der Waals surface area contributed by atoms with Crippen LogP contribution in [0.1, 0.15) is 38.2 Å². The van der Waals surface area contributed by atoms with Crippen molar-refractivity contribution in [3.63, 3.8) is 0 Å². The Balaban J connectivity index is 2.10. The fourth-order valence-corrected chi connectivity index (χ4v) is 1.93. The van der Waals surface area contributed by atoms with Crippen molar-refractivity contribution >= 4 is 17.4 Å². The van der Waals surface area contributed by atoms with Crippen LogP contribution < -0.4 is 15.4 Å². The van der Waals surface area contributed by atoms with E-state index in [1.807, 2.05) is 45.9 Å². The second kappa shape index (κ2) is 7.58. The fourth-order valence-electron chi connectivity index (χ4n) is 1.93. The Bertz CT molecular complexity index is 654. The summed E-state index contributed by atoms with van der Waals surface area (Å²) in [5.74, 6) is 0.940. The minimum absolute atomic E-state index is 0.0224. The van der Waals surface area contributed by atoms with E-state index in [0.717, 1.165) is 0 Å². The van der Waals surface area contributed by atoms with Gasteiger partial charge >= 0.3 is 0 Å². The second-order valence-corrected chi connectivity index (χ2v) is 5.70. The minimum atomic E-state index is -0.326. The van der Waals surface area contributed by atoms with Gasteiger partial charge in [0.25, 0.3) is 5.91 Å². The van der Waals surface area contributed by atoms with Gasteiger partial charge in [0.1, 0.15) is 17.3 Å². The van der Waals surface area contributed by atoms with Crippen molar-refractivity contribution in [2.75, 3.05) is 10.6 Å². The zero-order chi connectivity index (χ0) is 16.8. The second-order valence-electron chi connectivity index (χ2n) is 5.70. The molecular weight excluding hydrogens is 292 g/mol. The molecule has 2 rings (SSSR count). The molecule has 0 unspecified atom stereocenters. The summed E-state index contributed by atoms with van der Waals surface area (Å²) in [6.07, 6.45) is 3.02. The van der Waals surface area contributed by atoms with Gasteiger partial charge in [-0.05, 0) is 39.8 Å². The number of amides is 1. The van der Waals surface area contributed by atoms with Crippen molar-refractivity contribution < 1.29 is 9.53 Å². The van der Waals surface area contributed by atoms with E-state index < -0.39 is 0 Å². The van der Waals surface area contributed by atoms with Gasteiger partial charge in [-0.2, -0.15) is 0 Å². The minimum Gasteiger partial charge on any atom is -0.489 e. The van der Waals surface area contributed by atoms with E-state index in [0.29, 0.717) is 17.3 Å². The van der Waals surface area contributed by atoms with Crippen LogP contribution in [-0.2, 0) is 0 Å². The van der Waals surface area contributed by atoms with E-state index >= 15 is 0 Å². The Hall–Kier alpha value is -2.63. The van der Waals surface area contributed by atoms with Gasteiger partial charge in [-0.25, -0.2) is 9.97 Å². The molecule has 0 spiro atoms. The van der Waals surface area contributed by atoms with E-state index in [1.54, 1.807) is 12.3 Å². The van der Waals surface area contributed by atoms with E-state index in [-0.39, 0.29) is 23.7 Å². The van der Waals surface area contributed by atoms with Crippen molar-refractivity contribution in [1.82, 2.24) is 9.97 Å². The third-order valence-electron chi connectivity index (χ3n) is 2.82. The molecule has 0 saturated heterocycles. The molecule has 2 N–H and O–H groups in total. The number of hydrogen-bond donors (Lipinski definition) is 2. The van der Waals surface area contributed by atoms with Crippen molar-refractivity contribution in [1.29, 1.82) is 0 Å². The molecule has 0 bridgehead atoms. The Labute approximate surface area is 136 Å². The lowest BCUT2D eigenvalue weighted by atomic mass is 10.2. The van der Waals surface area contributed by atoms with Crippen molar-refractivity contribution in [2.45, 2.75) is 39.8 Å². The van der Waals surface area contributed by atoms with Crippen molar-refractivity contribution in [2.24, 2.45) is 0 Å². The average Bonchev–Trinajstić information content (AvgIpc) is 2.49. The lowest BCUT2D eigenvalue weighted by Gasteiger charge is -2.14. The smallest absolute Gasteiger partial charge is 0.275 e. The van der Waals surface area contributed by atoms with Gasteiger partial charge in [-0.3, -0.25) is 4.79 Å².